The van der Waals surface area contributed by atoms with E-state index in [2.05, 4.69) is 60.4 Å². The minimum absolute atomic E-state index is 0.719. The molecule has 0 radical (unpaired) electrons. The van der Waals surface area contributed by atoms with Crippen LogP contribution < -0.4 is 0 Å². The minimum Gasteiger partial charge on any atom is -0.455 e. The van der Waals surface area contributed by atoms with Crippen LogP contribution in [0.4, 0.5) is 0 Å². The van der Waals surface area contributed by atoms with E-state index in [1.165, 1.54) is 47.6 Å². The van der Waals surface area contributed by atoms with Gasteiger partial charge in [-0.25, -0.2) is 0 Å². The van der Waals surface area contributed by atoms with Crippen LogP contribution in [0.2, 0.25) is 0 Å². The Morgan fingerprint density at radius 3 is 2.64 bits per heavy atom. The molecule has 2 heteroatoms. The summed E-state index contributed by atoms with van der Waals surface area (Å²) in [5, 5.41) is 2.42. The monoisotopic (exact) mass is 327 g/mol. The van der Waals surface area contributed by atoms with Crippen LogP contribution in [0.3, 0.4) is 0 Å². The van der Waals surface area contributed by atoms with E-state index in [-0.39, 0.29) is 0 Å². The summed E-state index contributed by atoms with van der Waals surface area (Å²) in [5.74, 6) is 0.719. The number of nitrogens with zero attached hydrogens (tertiary/aromatic N) is 1. The Kier molecular flexibility index (Phi) is 3.37. The first kappa shape index (κ1) is 14.7. The van der Waals surface area contributed by atoms with Gasteiger partial charge in [0.25, 0.3) is 0 Å². The molecule has 2 nitrogen and oxygen atoms in total. The Balaban J connectivity index is 1.71. The fourth-order valence-corrected chi connectivity index (χ4v) is 4.16. The highest BCUT2D eigenvalue weighted by Crippen LogP contribution is 2.39. The van der Waals surface area contributed by atoms with Crippen LogP contribution >= 0.6 is 0 Å². The Hall–Kier alpha value is -2.61. The van der Waals surface area contributed by atoms with Gasteiger partial charge < -0.3 is 4.42 Å². The molecule has 25 heavy (non-hydrogen) atoms. The largest absolute Gasteiger partial charge is 0.455 e. The zero-order chi connectivity index (χ0) is 16.8. The Morgan fingerprint density at radius 2 is 1.84 bits per heavy atom. The molecule has 1 aliphatic carbocycles. The van der Waals surface area contributed by atoms with E-state index in [1.807, 2.05) is 6.20 Å². The summed E-state index contributed by atoms with van der Waals surface area (Å²) in [6.45, 7) is 2.06. The van der Waals surface area contributed by atoms with Crippen LogP contribution in [0.15, 0.2) is 59.1 Å². The van der Waals surface area contributed by atoms with Gasteiger partial charge in [-0.2, -0.15) is 0 Å². The van der Waals surface area contributed by atoms with Crippen LogP contribution in [0.25, 0.3) is 33.2 Å². The van der Waals surface area contributed by atoms with Gasteiger partial charge in [-0.1, -0.05) is 37.1 Å². The average molecular weight is 327 g/mol. The summed E-state index contributed by atoms with van der Waals surface area (Å²) in [6.07, 6.45) is 7.27. The molecule has 0 unspecified atom stereocenters. The molecule has 1 saturated carbocycles. The van der Waals surface area contributed by atoms with Crippen molar-refractivity contribution in [1.82, 2.24) is 4.98 Å². The fraction of sp³-hybridized carbons (Fsp3) is 0.261. The number of para-hydroxylation sites is 1. The van der Waals surface area contributed by atoms with Crippen molar-refractivity contribution >= 4 is 21.9 Å². The van der Waals surface area contributed by atoms with E-state index in [0.29, 0.717) is 0 Å². The maximum atomic E-state index is 6.25. The number of aromatic nitrogens is 1. The molecule has 1 fully saturated rings. The molecule has 0 spiro atoms. The maximum Gasteiger partial charge on any atom is 0.144 e. The molecule has 5 rings (SSSR count). The molecule has 2 aromatic carbocycles. The third kappa shape index (κ3) is 2.44. The lowest BCUT2D eigenvalue weighted by molar-refractivity contribution is 0.668. The number of furan rings is 1. The number of pyridine rings is 1. The molecule has 0 bridgehead atoms. The summed E-state index contributed by atoms with van der Waals surface area (Å²) in [4.78, 5) is 4.59. The van der Waals surface area contributed by atoms with Gasteiger partial charge in [0.15, 0.2) is 0 Å². The Labute approximate surface area is 147 Å². The molecule has 0 aliphatic heterocycles. The van der Waals surface area contributed by atoms with Crippen molar-refractivity contribution in [2.45, 2.75) is 38.5 Å². The van der Waals surface area contributed by atoms with E-state index in [1.54, 1.807) is 0 Å². The van der Waals surface area contributed by atoms with E-state index in [9.17, 15) is 0 Å². The summed E-state index contributed by atoms with van der Waals surface area (Å²) in [7, 11) is 0. The predicted octanol–water partition coefficient (Wildman–Crippen LogP) is 6.61. The quantitative estimate of drug-likeness (QED) is 0.414. The summed E-state index contributed by atoms with van der Waals surface area (Å²) >= 11 is 0. The van der Waals surface area contributed by atoms with Crippen LogP contribution in [-0.2, 0) is 0 Å². The van der Waals surface area contributed by atoms with Crippen LogP contribution in [-0.4, -0.2) is 4.98 Å². The normalized spacial score (nSPS) is 15.4. The highest BCUT2D eigenvalue weighted by molar-refractivity contribution is 6.09. The summed E-state index contributed by atoms with van der Waals surface area (Å²) in [6, 6.07) is 17.3. The standard InChI is InChI=1S/C23H21NO/c1-15-9-11-21(24-14-15)19-8-4-7-18-20-13-17(16-5-2-3-6-16)10-12-22(20)25-23(18)19/h4,7-14,16H,2-3,5-6H2,1H3. The molecule has 0 saturated heterocycles. The molecule has 4 aromatic rings. The van der Waals surface area contributed by atoms with Crippen LogP contribution in [0.1, 0.15) is 42.7 Å². The molecule has 124 valence electrons. The zero-order valence-corrected chi connectivity index (χ0v) is 14.5. The molecule has 1 aliphatic rings. The molecule has 0 atom stereocenters. The van der Waals surface area contributed by atoms with Gasteiger partial charge in [0.05, 0.1) is 5.69 Å². The maximum absolute atomic E-state index is 6.25. The first-order chi connectivity index (χ1) is 12.3. The average Bonchev–Trinajstić information content (AvgIpc) is 3.29. The van der Waals surface area contributed by atoms with E-state index >= 15 is 0 Å². The van der Waals surface area contributed by atoms with Crippen molar-refractivity contribution < 1.29 is 4.42 Å². The Morgan fingerprint density at radius 1 is 0.960 bits per heavy atom. The van der Waals surface area contributed by atoms with Crippen molar-refractivity contribution in [3.8, 4) is 11.3 Å². The first-order valence-electron chi connectivity index (χ1n) is 9.18. The molecular formula is C23H21NO. The molecule has 0 N–H and O–H groups in total. The summed E-state index contributed by atoms with van der Waals surface area (Å²) in [5.41, 5.74) is 6.57. The lowest BCUT2D eigenvalue weighted by Gasteiger charge is -2.08. The van der Waals surface area contributed by atoms with Crippen molar-refractivity contribution in [2.75, 3.05) is 0 Å². The lowest BCUT2D eigenvalue weighted by atomic mass is 9.96. The molecule has 0 amide bonds. The third-order valence-corrected chi connectivity index (χ3v) is 5.53. The lowest BCUT2D eigenvalue weighted by Crippen LogP contribution is -1.90. The number of hydrogen-bond acceptors (Lipinski definition) is 2. The summed E-state index contributed by atoms with van der Waals surface area (Å²) < 4.78 is 6.25. The van der Waals surface area contributed by atoms with Gasteiger partial charge in [0.1, 0.15) is 11.2 Å². The van der Waals surface area contributed by atoms with Gasteiger partial charge in [0.2, 0.25) is 0 Å². The number of hydrogen-bond donors (Lipinski definition) is 0. The Bertz CT molecular complexity index is 1050. The zero-order valence-electron chi connectivity index (χ0n) is 14.5. The van der Waals surface area contributed by atoms with Crippen LogP contribution in [0.5, 0.6) is 0 Å². The number of fused-ring (bicyclic) bond motifs is 3. The third-order valence-electron chi connectivity index (χ3n) is 5.53. The predicted molar refractivity (Wildman–Crippen MR) is 103 cm³/mol. The van der Waals surface area contributed by atoms with Crippen molar-refractivity contribution in [3.05, 3.63) is 65.9 Å². The fourth-order valence-electron chi connectivity index (χ4n) is 4.16. The highest BCUT2D eigenvalue weighted by atomic mass is 16.3. The van der Waals surface area contributed by atoms with Gasteiger partial charge in [0, 0.05) is 22.5 Å². The van der Waals surface area contributed by atoms with Crippen molar-refractivity contribution in [2.24, 2.45) is 0 Å². The SMILES string of the molecule is Cc1ccc(-c2cccc3c2oc2ccc(C4CCCC4)cc23)nc1. The minimum atomic E-state index is 0.719. The second-order valence-corrected chi connectivity index (χ2v) is 7.24. The molecular weight excluding hydrogens is 306 g/mol. The second-order valence-electron chi connectivity index (χ2n) is 7.24. The van der Waals surface area contributed by atoms with Gasteiger partial charge in [-0.05, 0) is 61.1 Å². The second kappa shape index (κ2) is 5.73. The van der Waals surface area contributed by atoms with E-state index < -0.39 is 0 Å². The number of benzene rings is 2. The molecule has 2 heterocycles. The van der Waals surface area contributed by atoms with Gasteiger partial charge >= 0.3 is 0 Å². The van der Waals surface area contributed by atoms with Crippen molar-refractivity contribution in [3.63, 3.8) is 0 Å². The molecule has 2 aromatic heterocycles. The van der Waals surface area contributed by atoms with Gasteiger partial charge in [-0.3, -0.25) is 4.98 Å². The number of aryl methyl sites for hydroxylation is 1. The highest BCUT2D eigenvalue weighted by Gasteiger charge is 2.19. The van der Waals surface area contributed by atoms with E-state index in [0.717, 1.165) is 28.3 Å². The smallest absolute Gasteiger partial charge is 0.144 e. The van der Waals surface area contributed by atoms with Crippen LogP contribution in [0, 0.1) is 6.92 Å². The van der Waals surface area contributed by atoms with E-state index in [4.69, 9.17) is 4.42 Å². The number of rotatable bonds is 2. The first-order valence-corrected chi connectivity index (χ1v) is 9.18. The van der Waals surface area contributed by atoms with Gasteiger partial charge in [-0.15, -0.1) is 0 Å². The topological polar surface area (TPSA) is 26.0 Å². The van der Waals surface area contributed by atoms with Crippen molar-refractivity contribution in [1.29, 1.82) is 0 Å².